The molecule has 0 heterocycles. The van der Waals surface area contributed by atoms with Crippen molar-refractivity contribution in [2.24, 2.45) is 0 Å². The molecule has 6 heteroatoms. The molecular formula is C6H14O5S. The zero-order valence-electron chi connectivity index (χ0n) is 7.44. The highest BCUT2D eigenvalue weighted by molar-refractivity contribution is 7.85. The first-order valence-electron chi connectivity index (χ1n) is 3.35. The van der Waals surface area contributed by atoms with Crippen LogP contribution in [0.25, 0.3) is 0 Å². The average Bonchev–Trinajstić information content (AvgIpc) is 1.96. The maximum absolute atomic E-state index is 10.5. The molecule has 0 aliphatic heterocycles. The number of methoxy groups -OCH3 is 2. The standard InChI is InChI=1S/C6H14O5S/c1-9-4-6(10-2)5-11-12(3,7)8/h6H,4-5H2,1-3H3/t6-/m1/s1. The summed E-state index contributed by atoms with van der Waals surface area (Å²) in [6.45, 7) is 0.301. The van der Waals surface area contributed by atoms with Gasteiger partial charge in [-0.1, -0.05) is 0 Å². The Bertz CT molecular complexity index is 198. The van der Waals surface area contributed by atoms with E-state index in [0.29, 0.717) is 6.61 Å². The van der Waals surface area contributed by atoms with E-state index >= 15 is 0 Å². The zero-order chi connectivity index (χ0) is 9.61. The molecule has 0 bridgehead atoms. The van der Waals surface area contributed by atoms with Crippen LogP contribution in [0.15, 0.2) is 0 Å². The Morgan fingerprint density at radius 2 is 1.83 bits per heavy atom. The quantitative estimate of drug-likeness (QED) is 0.545. The Balaban J connectivity index is 3.73. The van der Waals surface area contributed by atoms with E-state index in [4.69, 9.17) is 9.47 Å². The number of rotatable bonds is 6. The Kier molecular flexibility index (Phi) is 5.39. The SMILES string of the molecule is COC[C@H](COS(C)(=O)=O)OC. The third-order valence-corrected chi connectivity index (χ3v) is 1.72. The van der Waals surface area contributed by atoms with Crippen LogP contribution >= 0.6 is 0 Å². The maximum Gasteiger partial charge on any atom is 0.264 e. The van der Waals surface area contributed by atoms with Gasteiger partial charge in [-0.15, -0.1) is 0 Å². The summed E-state index contributed by atoms with van der Waals surface area (Å²) >= 11 is 0. The largest absolute Gasteiger partial charge is 0.382 e. The van der Waals surface area contributed by atoms with Gasteiger partial charge in [0.1, 0.15) is 6.10 Å². The third kappa shape index (κ3) is 6.53. The minimum absolute atomic E-state index is 0.0107. The number of ether oxygens (including phenoxy) is 2. The maximum atomic E-state index is 10.5. The fourth-order valence-electron chi connectivity index (χ4n) is 0.570. The van der Waals surface area contributed by atoms with E-state index in [-0.39, 0.29) is 12.7 Å². The van der Waals surface area contributed by atoms with Crippen molar-refractivity contribution >= 4 is 10.1 Å². The van der Waals surface area contributed by atoms with Crippen molar-refractivity contribution < 1.29 is 22.1 Å². The second kappa shape index (κ2) is 5.47. The van der Waals surface area contributed by atoms with Crippen molar-refractivity contribution in [3.05, 3.63) is 0 Å². The first-order chi connectivity index (χ1) is 5.49. The number of hydrogen-bond donors (Lipinski definition) is 0. The zero-order valence-corrected chi connectivity index (χ0v) is 8.26. The Labute approximate surface area is 72.7 Å². The van der Waals surface area contributed by atoms with Gasteiger partial charge in [0.05, 0.1) is 19.5 Å². The van der Waals surface area contributed by atoms with Gasteiger partial charge in [-0.3, -0.25) is 4.18 Å². The van der Waals surface area contributed by atoms with Crippen LogP contribution in [0.3, 0.4) is 0 Å². The summed E-state index contributed by atoms with van der Waals surface area (Å²) in [5.41, 5.74) is 0. The van der Waals surface area contributed by atoms with Crippen LogP contribution in [0, 0.1) is 0 Å². The minimum Gasteiger partial charge on any atom is -0.382 e. The third-order valence-electron chi connectivity index (χ3n) is 1.15. The van der Waals surface area contributed by atoms with Crippen molar-refractivity contribution in [3.63, 3.8) is 0 Å². The molecule has 1 atom stereocenters. The lowest BCUT2D eigenvalue weighted by molar-refractivity contribution is 0.00246. The highest BCUT2D eigenvalue weighted by Gasteiger charge is 2.10. The molecule has 0 aromatic heterocycles. The van der Waals surface area contributed by atoms with Crippen LogP contribution in [-0.2, 0) is 23.8 Å². The van der Waals surface area contributed by atoms with Gasteiger partial charge in [0.25, 0.3) is 10.1 Å². The van der Waals surface area contributed by atoms with E-state index < -0.39 is 10.1 Å². The molecule has 0 spiro atoms. The summed E-state index contributed by atoms with van der Waals surface area (Å²) in [6.07, 6.45) is 0.650. The smallest absolute Gasteiger partial charge is 0.264 e. The van der Waals surface area contributed by atoms with Crippen LogP contribution < -0.4 is 0 Å². The summed E-state index contributed by atoms with van der Waals surface area (Å²) in [7, 11) is -0.409. The lowest BCUT2D eigenvalue weighted by atomic mass is 10.4. The molecule has 0 amide bonds. The summed E-state index contributed by atoms with van der Waals surface area (Å²) in [5, 5.41) is 0. The van der Waals surface area contributed by atoms with Crippen molar-refractivity contribution in [1.82, 2.24) is 0 Å². The Morgan fingerprint density at radius 3 is 2.17 bits per heavy atom. The first kappa shape index (κ1) is 11.8. The molecule has 5 nitrogen and oxygen atoms in total. The van der Waals surface area contributed by atoms with E-state index in [9.17, 15) is 8.42 Å². The predicted octanol–water partition coefficient (Wildman–Crippen LogP) is -0.376. The molecule has 12 heavy (non-hydrogen) atoms. The monoisotopic (exact) mass is 198 g/mol. The highest BCUT2D eigenvalue weighted by atomic mass is 32.2. The van der Waals surface area contributed by atoms with E-state index in [2.05, 4.69) is 4.18 Å². The molecule has 0 aliphatic carbocycles. The fraction of sp³-hybridized carbons (Fsp3) is 1.00. The van der Waals surface area contributed by atoms with E-state index in [0.717, 1.165) is 6.26 Å². The van der Waals surface area contributed by atoms with Crippen molar-refractivity contribution in [2.45, 2.75) is 6.10 Å². The molecule has 0 aromatic rings. The first-order valence-corrected chi connectivity index (χ1v) is 5.17. The van der Waals surface area contributed by atoms with Gasteiger partial charge >= 0.3 is 0 Å². The van der Waals surface area contributed by atoms with Gasteiger partial charge < -0.3 is 9.47 Å². The van der Waals surface area contributed by atoms with Gasteiger partial charge in [-0.05, 0) is 0 Å². The molecule has 74 valence electrons. The highest BCUT2D eigenvalue weighted by Crippen LogP contribution is 1.95. The van der Waals surface area contributed by atoms with E-state index in [1.54, 1.807) is 0 Å². The second-order valence-electron chi connectivity index (χ2n) is 2.30. The number of hydrogen-bond acceptors (Lipinski definition) is 5. The van der Waals surface area contributed by atoms with E-state index in [1.165, 1.54) is 14.2 Å². The molecular weight excluding hydrogens is 184 g/mol. The Morgan fingerprint density at radius 1 is 1.25 bits per heavy atom. The topological polar surface area (TPSA) is 61.8 Å². The van der Waals surface area contributed by atoms with Gasteiger partial charge in [-0.2, -0.15) is 8.42 Å². The molecule has 0 saturated heterocycles. The van der Waals surface area contributed by atoms with Gasteiger partial charge in [0.2, 0.25) is 0 Å². The molecule has 0 radical (unpaired) electrons. The summed E-state index contributed by atoms with van der Waals surface area (Å²) in [5.74, 6) is 0. The molecule has 0 unspecified atom stereocenters. The summed E-state index contributed by atoms with van der Waals surface area (Å²) < 4.78 is 35.2. The van der Waals surface area contributed by atoms with Gasteiger partial charge in [0.15, 0.2) is 0 Å². The van der Waals surface area contributed by atoms with Gasteiger partial charge in [0, 0.05) is 14.2 Å². The van der Waals surface area contributed by atoms with Crippen LogP contribution in [-0.4, -0.2) is 48.2 Å². The molecule has 0 saturated carbocycles. The summed E-state index contributed by atoms with van der Waals surface area (Å²) in [4.78, 5) is 0. The Hall–Kier alpha value is -0.170. The van der Waals surface area contributed by atoms with Crippen molar-refractivity contribution in [1.29, 1.82) is 0 Å². The predicted molar refractivity (Wildman–Crippen MR) is 43.5 cm³/mol. The van der Waals surface area contributed by atoms with Crippen molar-refractivity contribution in [3.8, 4) is 0 Å². The van der Waals surface area contributed by atoms with Crippen LogP contribution in [0.5, 0.6) is 0 Å². The summed E-state index contributed by atoms with van der Waals surface area (Å²) in [6, 6.07) is 0. The minimum atomic E-state index is -3.38. The lowest BCUT2D eigenvalue weighted by Crippen LogP contribution is -2.25. The fourth-order valence-corrected chi connectivity index (χ4v) is 0.969. The molecule has 0 fully saturated rings. The molecule has 0 aromatic carbocycles. The van der Waals surface area contributed by atoms with Crippen LogP contribution in [0.4, 0.5) is 0 Å². The molecule has 0 aliphatic rings. The van der Waals surface area contributed by atoms with Gasteiger partial charge in [-0.25, -0.2) is 0 Å². The van der Waals surface area contributed by atoms with Crippen molar-refractivity contribution in [2.75, 3.05) is 33.7 Å². The molecule has 0 rings (SSSR count). The molecule has 0 N–H and O–H groups in total. The van der Waals surface area contributed by atoms with E-state index in [1.807, 2.05) is 0 Å². The second-order valence-corrected chi connectivity index (χ2v) is 3.95. The normalized spacial score (nSPS) is 14.6. The average molecular weight is 198 g/mol. The lowest BCUT2D eigenvalue weighted by Gasteiger charge is -2.12. The van der Waals surface area contributed by atoms with Crippen LogP contribution in [0.1, 0.15) is 0 Å². The van der Waals surface area contributed by atoms with Crippen LogP contribution in [0.2, 0.25) is 0 Å².